The lowest BCUT2D eigenvalue weighted by molar-refractivity contribution is -0.143. The molecule has 4 heteroatoms. The molecule has 112 valence electrons. The van der Waals surface area contributed by atoms with Crippen LogP contribution in [0.3, 0.4) is 0 Å². The fourth-order valence-electron chi connectivity index (χ4n) is 2.35. The van der Waals surface area contributed by atoms with E-state index in [1.54, 1.807) is 12.0 Å². The number of benzene rings is 1. The Morgan fingerprint density at radius 1 is 1.15 bits per heavy atom. The molecule has 1 aromatic carbocycles. The monoisotopic (exact) mass is 279 g/mol. The van der Waals surface area contributed by atoms with E-state index in [0.29, 0.717) is 6.42 Å². The summed E-state index contributed by atoms with van der Waals surface area (Å²) >= 11 is 0. The van der Waals surface area contributed by atoms with Crippen molar-refractivity contribution in [2.75, 3.05) is 7.11 Å². The van der Waals surface area contributed by atoms with Gasteiger partial charge in [-0.3, -0.25) is 4.79 Å². The Morgan fingerprint density at radius 3 is 2.05 bits per heavy atom. The summed E-state index contributed by atoms with van der Waals surface area (Å²) in [6.07, 6.45) is -0.688. The lowest BCUT2D eigenvalue weighted by Gasteiger charge is -2.32. The quantitative estimate of drug-likeness (QED) is 0.869. The first-order chi connectivity index (χ1) is 9.36. The molecule has 0 aliphatic carbocycles. The van der Waals surface area contributed by atoms with Gasteiger partial charge in [-0.25, -0.2) is 0 Å². The summed E-state index contributed by atoms with van der Waals surface area (Å²) in [6.45, 7) is 7.83. The summed E-state index contributed by atoms with van der Waals surface area (Å²) in [6, 6.07) is 7.54. The second-order valence-corrected chi connectivity index (χ2v) is 5.50. The molecule has 0 aliphatic heterocycles. The highest BCUT2D eigenvalue weighted by atomic mass is 16.5. The molecule has 0 radical (unpaired) electrons. The molecule has 0 aliphatic rings. The standard InChI is InChI=1S/C16H25NO3/c1-11(2)17(12(3)4)16(19)15(18)10-13-6-8-14(20-5)9-7-13/h6-9,11-12,15,18H,10H2,1-5H3. The number of carbonyl (C=O) groups is 1. The molecule has 0 saturated carbocycles. The molecular weight excluding hydrogens is 254 g/mol. The van der Waals surface area contributed by atoms with Crippen LogP contribution in [0.1, 0.15) is 33.3 Å². The van der Waals surface area contributed by atoms with E-state index in [0.717, 1.165) is 11.3 Å². The van der Waals surface area contributed by atoms with Crippen LogP contribution in [0.25, 0.3) is 0 Å². The first-order valence-electron chi connectivity index (χ1n) is 7.00. The van der Waals surface area contributed by atoms with Gasteiger partial charge in [0, 0.05) is 18.5 Å². The van der Waals surface area contributed by atoms with Crippen LogP contribution < -0.4 is 4.74 Å². The Kier molecular flexibility index (Phi) is 6.02. The van der Waals surface area contributed by atoms with E-state index in [1.165, 1.54) is 0 Å². The maximum absolute atomic E-state index is 12.3. The van der Waals surface area contributed by atoms with Crippen molar-refractivity contribution < 1.29 is 14.6 Å². The molecule has 1 N–H and O–H groups in total. The normalized spacial score (nSPS) is 12.6. The van der Waals surface area contributed by atoms with Crippen molar-refractivity contribution in [2.45, 2.75) is 52.3 Å². The van der Waals surface area contributed by atoms with E-state index < -0.39 is 6.10 Å². The predicted molar refractivity (Wildman–Crippen MR) is 79.8 cm³/mol. The zero-order valence-corrected chi connectivity index (χ0v) is 13.0. The third kappa shape index (κ3) is 4.23. The number of hydrogen-bond acceptors (Lipinski definition) is 3. The van der Waals surface area contributed by atoms with Crippen LogP contribution in [-0.4, -0.2) is 41.2 Å². The SMILES string of the molecule is COc1ccc(CC(O)C(=O)N(C(C)C)C(C)C)cc1. The Hall–Kier alpha value is -1.55. The molecule has 1 rings (SSSR count). The largest absolute Gasteiger partial charge is 0.497 e. The van der Waals surface area contributed by atoms with Crippen LogP contribution >= 0.6 is 0 Å². The molecule has 1 unspecified atom stereocenters. The minimum Gasteiger partial charge on any atom is -0.497 e. The van der Waals surface area contributed by atoms with Gasteiger partial charge in [0.2, 0.25) is 0 Å². The van der Waals surface area contributed by atoms with E-state index in [2.05, 4.69) is 0 Å². The molecule has 0 fully saturated rings. The maximum atomic E-state index is 12.3. The van der Waals surface area contributed by atoms with Crippen molar-refractivity contribution in [3.63, 3.8) is 0 Å². The first-order valence-corrected chi connectivity index (χ1v) is 7.00. The van der Waals surface area contributed by atoms with Crippen molar-refractivity contribution in [1.82, 2.24) is 4.90 Å². The highest BCUT2D eigenvalue weighted by Gasteiger charge is 2.26. The maximum Gasteiger partial charge on any atom is 0.252 e. The van der Waals surface area contributed by atoms with Gasteiger partial charge in [-0.2, -0.15) is 0 Å². The smallest absolute Gasteiger partial charge is 0.252 e. The van der Waals surface area contributed by atoms with Crippen molar-refractivity contribution in [3.8, 4) is 5.75 Å². The summed E-state index contributed by atoms with van der Waals surface area (Å²) in [5.74, 6) is 0.548. The van der Waals surface area contributed by atoms with Gasteiger partial charge in [-0.15, -0.1) is 0 Å². The summed E-state index contributed by atoms with van der Waals surface area (Å²) in [7, 11) is 1.61. The van der Waals surface area contributed by atoms with Crippen LogP contribution in [0.2, 0.25) is 0 Å². The van der Waals surface area contributed by atoms with Crippen LogP contribution in [0, 0.1) is 0 Å². The van der Waals surface area contributed by atoms with Crippen LogP contribution in [0.4, 0.5) is 0 Å². The fraction of sp³-hybridized carbons (Fsp3) is 0.562. The highest BCUT2D eigenvalue weighted by Crippen LogP contribution is 2.15. The van der Waals surface area contributed by atoms with Gasteiger partial charge in [-0.1, -0.05) is 12.1 Å². The molecule has 0 heterocycles. The lowest BCUT2D eigenvalue weighted by atomic mass is 10.1. The van der Waals surface area contributed by atoms with Crippen LogP contribution in [0.15, 0.2) is 24.3 Å². The van der Waals surface area contributed by atoms with Gasteiger partial charge in [0.25, 0.3) is 5.91 Å². The minimum absolute atomic E-state index is 0.0769. The average molecular weight is 279 g/mol. The number of ether oxygens (including phenoxy) is 1. The van der Waals surface area contributed by atoms with Gasteiger partial charge in [0.15, 0.2) is 0 Å². The second kappa shape index (κ2) is 7.29. The second-order valence-electron chi connectivity index (χ2n) is 5.50. The van der Waals surface area contributed by atoms with Gasteiger partial charge in [0.1, 0.15) is 11.9 Å². The van der Waals surface area contributed by atoms with Crippen molar-refractivity contribution >= 4 is 5.91 Å². The van der Waals surface area contributed by atoms with Gasteiger partial charge >= 0.3 is 0 Å². The zero-order valence-electron chi connectivity index (χ0n) is 13.0. The fourth-order valence-corrected chi connectivity index (χ4v) is 2.35. The van der Waals surface area contributed by atoms with Gasteiger partial charge < -0.3 is 14.7 Å². The summed E-state index contributed by atoms with van der Waals surface area (Å²) in [5.41, 5.74) is 0.916. The van der Waals surface area contributed by atoms with Gasteiger partial charge in [-0.05, 0) is 45.4 Å². The first kappa shape index (κ1) is 16.5. The molecule has 0 aromatic heterocycles. The van der Waals surface area contributed by atoms with Crippen LogP contribution in [-0.2, 0) is 11.2 Å². The number of aliphatic hydroxyl groups excluding tert-OH is 1. The summed E-state index contributed by atoms with van der Waals surface area (Å²) < 4.78 is 5.09. The van der Waals surface area contributed by atoms with E-state index in [1.807, 2.05) is 52.0 Å². The minimum atomic E-state index is -1.01. The Balaban J connectivity index is 2.73. The topological polar surface area (TPSA) is 49.8 Å². The third-order valence-corrected chi connectivity index (χ3v) is 3.24. The van der Waals surface area contributed by atoms with E-state index in [4.69, 9.17) is 4.74 Å². The molecule has 1 amide bonds. The number of aliphatic hydroxyl groups is 1. The molecule has 0 bridgehead atoms. The molecule has 4 nitrogen and oxygen atoms in total. The van der Waals surface area contributed by atoms with Crippen LogP contribution in [0.5, 0.6) is 5.75 Å². The summed E-state index contributed by atoms with van der Waals surface area (Å²) in [5, 5.41) is 10.1. The average Bonchev–Trinajstić information content (AvgIpc) is 2.38. The molecule has 1 atom stereocenters. The third-order valence-electron chi connectivity index (χ3n) is 3.24. The van der Waals surface area contributed by atoms with Gasteiger partial charge in [0.05, 0.1) is 7.11 Å². The van der Waals surface area contributed by atoms with Crippen molar-refractivity contribution in [1.29, 1.82) is 0 Å². The van der Waals surface area contributed by atoms with E-state index >= 15 is 0 Å². The number of nitrogens with zero attached hydrogens (tertiary/aromatic N) is 1. The molecule has 1 aromatic rings. The number of rotatable bonds is 6. The molecule has 0 spiro atoms. The van der Waals surface area contributed by atoms with Crippen molar-refractivity contribution in [3.05, 3.63) is 29.8 Å². The molecule has 0 saturated heterocycles. The zero-order chi connectivity index (χ0) is 15.3. The predicted octanol–water partition coefficient (Wildman–Crippen LogP) is 2.24. The van der Waals surface area contributed by atoms with E-state index in [9.17, 15) is 9.90 Å². The molecular formula is C16H25NO3. The number of amides is 1. The number of methoxy groups -OCH3 is 1. The number of carbonyl (C=O) groups excluding carboxylic acids is 1. The number of hydrogen-bond donors (Lipinski definition) is 1. The van der Waals surface area contributed by atoms with E-state index in [-0.39, 0.29) is 18.0 Å². The Morgan fingerprint density at radius 2 is 1.65 bits per heavy atom. The summed E-state index contributed by atoms with van der Waals surface area (Å²) in [4.78, 5) is 14.0. The Bertz CT molecular complexity index is 418. The lowest BCUT2D eigenvalue weighted by Crippen LogP contribution is -2.47. The molecule has 20 heavy (non-hydrogen) atoms. The Labute approximate surface area is 121 Å². The van der Waals surface area contributed by atoms with Crippen molar-refractivity contribution in [2.24, 2.45) is 0 Å². The highest BCUT2D eigenvalue weighted by molar-refractivity contribution is 5.81.